The van der Waals surface area contributed by atoms with E-state index in [0.717, 1.165) is 54.3 Å². The van der Waals surface area contributed by atoms with Gasteiger partial charge < -0.3 is 5.11 Å². The minimum atomic E-state index is -0.975. The molecule has 4 rings (SSSR count). The number of rotatable bonds is 7. The maximum absolute atomic E-state index is 13.0. The lowest BCUT2D eigenvalue weighted by Gasteiger charge is -2.27. The molecule has 0 spiro atoms. The fourth-order valence-corrected chi connectivity index (χ4v) is 4.86. The van der Waals surface area contributed by atoms with E-state index in [0.29, 0.717) is 11.5 Å². The second-order valence-electron chi connectivity index (χ2n) is 8.86. The molecule has 0 saturated heterocycles. The lowest BCUT2D eigenvalue weighted by Crippen LogP contribution is -2.36. The molecule has 3 aromatic rings. The number of carbonyl (C=O) groups excluding carboxylic acids is 1. The minimum absolute atomic E-state index is 0.134. The fraction of sp³-hybridized carbons (Fsp3) is 0.385. The van der Waals surface area contributed by atoms with Crippen molar-refractivity contribution < 1.29 is 14.7 Å². The van der Waals surface area contributed by atoms with Crippen LogP contribution >= 0.6 is 0 Å². The number of hydrogen-bond acceptors (Lipinski definition) is 4. The van der Waals surface area contributed by atoms with Crippen LogP contribution in [-0.4, -0.2) is 31.3 Å². The quantitative estimate of drug-likeness (QED) is 0.566. The average molecular weight is 448 g/mol. The van der Waals surface area contributed by atoms with Gasteiger partial charge in [0.2, 0.25) is 0 Å². The molecule has 7 heteroatoms. The summed E-state index contributed by atoms with van der Waals surface area (Å²) < 4.78 is 2.46. The highest BCUT2D eigenvalue weighted by Crippen LogP contribution is 2.32. The van der Waals surface area contributed by atoms with Gasteiger partial charge in [0.05, 0.1) is 12.1 Å². The smallest absolute Gasteiger partial charge is 0.353 e. The molecule has 33 heavy (non-hydrogen) atoms. The predicted octanol–water partition coefficient (Wildman–Crippen LogP) is 4.71. The molecule has 7 nitrogen and oxygen atoms in total. The summed E-state index contributed by atoms with van der Waals surface area (Å²) in [4.78, 5) is 37.3. The third-order valence-electron chi connectivity index (χ3n) is 6.55. The molecule has 0 bridgehead atoms. The van der Waals surface area contributed by atoms with Gasteiger partial charge in [0.25, 0.3) is 5.91 Å². The average Bonchev–Trinajstić information content (AvgIpc) is 3.19. The van der Waals surface area contributed by atoms with Gasteiger partial charge in [0.1, 0.15) is 6.33 Å². The van der Waals surface area contributed by atoms with Gasteiger partial charge in [-0.3, -0.25) is 9.36 Å². The van der Waals surface area contributed by atoms with Crippen LogP contribution in [0, 0.1) is 11.8 Å². The Kier molecular flexibility index (Phi) is 6.87. The van der Waals surface area contributed by atoms with Crippen LogP contribution in [0.3, 0.4) is 0 Å². The van der Waals surface area contributed by atoms with Crippen molar-refractivity contribution in [1.29, 1.82) is 0 Å². The summed E-state index contributed by atoms with van der Waals surface area (Å²) in [7, 11) is 0. The summed E-state index contributed by atoms with van der Waals surface area (Å²) in [5.41, 5.74) is 2.11. The summed E-state index contributed by atoms with van der Waals surface area (Å²) >= 11 is 0. The van der Waals surface area contributed by atoms with Crippen LogP contribution in [0.1, 0.15) is 66.2 Å². The lowest BCUT2D eigenvalue weighted by atomic mass is 9.79. The number of carboxylic acid groups (broad SMARTS) is 1. The molecule has 0 aliphatic heterocycles. The number of nitrogens with zero attached hydrogens (tertiary/aromatic N) is 3. The van der Waals surface area contributed by atoms with E-state index < -0.39 is 11.7 Å². The minimum Gasteiger partial charge on any atom is -0.478 e. The molecular formula is C26H29N3O4. The van der Waals surface area contributed by atoms with Crippen molar-refractivity contribution in [2.24, 2.45) is 11.8 Å². The van der Waals surface area contributed by atoms with E-state index in [9.17, 15) is 19.5 Å². The Morgan fingerprint density at radius 3 is 2.58 bits per heavy atom. The van der Waals surface area contributed by atoms with E-state index in [1.807, 2.05) is 24.3 Å². The Morgan fingerprint density at radius 1 is 1.09 bits per heavy atom. The zero-order valence-corrected chi connectivity index (χ0v) is 18.8. The van der Waals surface area contributed by atoms with Gasteiger partial charge in [-0.25, -0.2) is 9.59 Å². The van der Waals surface area contributed by atoms with Crippen LogP contribution in [0.5, 0.6) is 0 Å². The van der Waals surface area contributed by atoms with Gasteiger partial charge in [-0.2, -0.15) is 5.10 Å². The molecule has 0 amide bonds. The van der Waals surface area contributed by atoms with Crippen LogP contribution < -0.4 is 5.69 Å². The highest BCUT2D eigenvalue weighted by molar-refractivity contribution is 5.96. The zero-order chi connectivity index (χ0) is 23.4. The number of aromatic nitrogens is 3. The molecule has 1 saturated carbocycles. The first-order chi connectivity index (χ1) is 16.0. The number of aromatic carboxylic acids is 1. The number of carbonyl (C=O) groups is 2. The largest absolute Gasteiger partial charge is 0.478 e. The Bertz CT molecular complexity index is 1190. The topological polar surface area (TPSA) is 94.2 Å². The summed E-state index contributed by atoms with van der Waals surface area (Å²) in [6.07, 6.45) is 7.49. The van der Waals surface area contributed by atoms with Crippen LogP contribution in [0.4, 0.5) is 0 Å². The first-order valence-corrected chi connectivity index (χ1v) is 11.6. The maximum atomic E-state index is 13.0. The fourth-order valence-electron chi connectivity index (χ4n) is 4.86. The Labute approximate surface area is 192 Å². The van der Waals surface area contributed by atoms with Crippen molar-refractivity contribution >= 4 is 11.9 Å². The summed E-state index contributed by atoms with van der Waals surface area (Å²) in [5, 5.41) is 13.5. The van der Waals surface area contributed by atoms with Crippen LogP contribution in [-0.2, 0) is 6.54 Å². The Balaban J connectivity index is 1.48. The molecule has 2 unspecified atom stereocenters. The van der Waals surface area contributed by atoms with Gasteiger partial charge in [-0.05, 0) is 41.5 Å². The summed E-state index contributed by atoms with van der Waals surface area (Å²) in [6, 6.07) is 14.2. The SMILES string of the molecule is CCCC1CCCC(C(=O)n2ncn(Cc3ccc(-c4ccccc4C(=O)O)cc3)c2=O)C1. The number of carboxylic acids is 1. The van der Waals surface area contributed by atoms with E-state index in [2.05, 4.69) is 12.0 Å². The van der Waals surface area contributed by atoms with Crippen molar-refractivity contribution in [3.8, 4) is 11.1 Å². The summed E-state index contributed by atoms with van der Waals surface area (Å²) in [6.45, 7) is 2.45. The zero-order valence-electron chi connectivity index (χ0n) is 18.8. The lowest BCUT2D eigenvalue weighted by molar-refractivity contribution is 0.0696. The third-order valence-corrected chi connectivity index (χ3v) is 6.55. The Hall–Kier alpha value is -3.48. The van der Waals surface area contributed by atoms with Crippen LogP contribution in [0.25, 0.3) is 11.1 Å². The van der Waals surface area contributed by atoms with Gasteiger partial charge >= 0.3 is 11.7 Å². The highest BCUT2D eigenvalue weighted by Gasteiger charge is 2.29. The second-order valence-corrected chi connectivity index (χ2v) is 8.86. The summed E-state index contributed by atoms with van der Waals surface area (Å²) in [5.74, 6) is -0.748. The molecule has 1 heterocycles. The third kappa shape index (κ3) is 4.97. The number of hydrogen-bond donors (Lipinski definition) is 1. The van der Waals surface area contributed by atoms with Crippen LogP contribution in [0.15, 0.2) is 59.7 Å². The molecule has 172 valence electrons. The van der Waals surface area contributed by atoms with E-state index in [1.165, 1.54) is 10.9 Å². The van der Waals surface area contributed by atoms with Crippen molar-refractivity contribution in [2.45, 2.75) is 52.0 Å². The van der Waals surface area contributed by atoms with Crippen molar-refractivity contribution in [2.75, 3.05) is 0 Å². The molecule has 1 aromatic heterocycles. The van der Waals surface area contributed by atoms with Gasteiger partial charge in [0, 0.05) is 5.92 Å². The first-order valence-electron chi connectivity index (χ1n) is 11.6. The van der Waals surface area contributed by atoms with E-state index in [-0.39, 0.29) is 23.9 Å². The highest BCUT2D eigenvalue weighted by atomic mass is 16.4. The van der Waals surface area contributed by atoms with Gasteiger partial charge in [0.15, 0.2) is 0 Å². The van der Waals surface area contributed by atoms with E-state index >= 15 is 0 Å². The Morgan fingerprint density at radius 2 is 1.85 bits per heavy atom. The van der Waals surface area contributed by atoms with Crippen LogP contribution in [0.2, 0.25) is 0 Å². The molecule has 1 aliphatic carbocycles. The monoisotopic (exact) mass is 447 g/mol. The maximum Gasteiger partial charge on any atom is 0.353 e. The van der Waals surface area contributed by atoms with E-state index in [4.69, 9.17) is 0 Å². The van der Waals surface area contributed by atoms with Gasteiger partial charge in [-0.1, -0.05) is 75.1 Å². The molecule has 0 radical (unpaired) electrons. The molecule has 1 aliphatic rings. The van der Waals surface area contributed by atoms with Gasteiger partial charge in [-0.15, -0.1) is 4.68 Å². The second kappa shape index (κ2) is 9.98. The molecule has 1 N–H and O–H groups in total. The normalized spacial score (nSPS) is 18.2. The van der Waals surface area contributed by atoms with Crippen molar-refractivity contribution in [3.05, 3.63) is 76.5 Å². The predicted molar refractivity (Wildman–Crippen MR) is 125 cm³/mol. The molecule has 2 atom stereocenters. The molecular weight excluding hydrogens is 418 g/mol. The number of benzene rings is 2. The molecule has 2 aromatic carbocycles. The molecule has 1 fully saturated rings. The van der Waals surface area contributed by atoms with Crippen molar-refractivity contribution in [1.82, 2.24) is 14.3 Å². The van der Waals surface area contributed by atoms with E-state index in [1.54, 1.807) is 24.3 Å². The first kappa shape index (κ1) is 22.7. The van der Waals surface area contributed by atoms with Crippen molar-refractivity contribution in [3.63, 3.8) is 0 Å². The standard InChI is InChI=1S/C26H29N3O4/c1-2-6-18-7-5-8-21(15-18)24(30)29-26(33)28(17-27-29)16-19-11-13-20(14-12-19)22-9-3-4-10-23(22)25(31)32/h3-4,9-14,17-18,21H,2,5-8,15-16H2,1H3,(H,31,32).